The molecule has 0 radical (unpaired) electrons. The Morgan fingerprint density at radius 1 is 1.00 bits per heavy atom. The van der Waals surface area contributed by atoms with Gasteiger partial charge < -0.3 is 0 Å². The van der Waals surface area contributed by atoms with Crippen LogP contribution in [-0.2, 0) is 6.42 Å². The zero-order valence-electron chi connectivity index (χ0n) is 7.78. The first-order valence-corrected chi connectivity index (χ1v) is 4.63. The minimum Gasteiger partial charge on any atom is -0.216 e. The van der Waals surface area contributed by atoms with Gasteiger partial charge in [0.05, 0.1) is 6.33 Å². The van der Waals surface area contributed by atoms with E-state index in [-0.39, 0.29) is 0 Å². The molecule has 2 aromatic carbocycles. The fraction of sp³-hybridized carbons (Fsp3) is 0.0769. The smallest absolute Gasteiger partial charge is 0.0830 e. The van der Waals surface area contributed by atoms with Crippen LogP contribution in [0.2, 0.25) is 0 Å². The summed E-state index contributed by atoms with van der Waals surface area (Å²) in [5.74, 6) is 0. The van der Waals surface area contributed by atoms with E-state index in [4.69, 9.17) is 0 Å². The molecule has 14 heavy (non-hydrogen) atoms. The van der Waals surface area contributed by atoms with Crippen molar-refractivity contribution in [3.63, 3.8) is 0 Å². The van der Waals surface area contributed by atoms with Gasteiger partial charge in [-0.3, -0.25) is 0 Å². The molecule has 0 saturated heterocycles. The molecule has 0 amide bonds. The second kappa shape index (κ2) is 4.05. The Morgan fingerprint density at radius 2 is 1.79 bits per heavy atom. The molecule has 0 aromatic heterocycles. The minimum atomic E-state index is 0.599. The van der Waals surface area contributed by atoms with Crippen molar-refractivity contribution in [3.8, 4) is 0 Å². The van der Waals surface area contributed by atoms with Gasteiger partial charge in [-0.2, -0.15) is 0 Å². The molecule has 0 nitrogen and oxygen atoms in total. The Bertz CT molecular complexity index is 452. The number of benzene rings is 2. The Morgan fingerprint density at radius 3 is 2.64 bits per heavy atom. The highest BCUT2D eigenvalue weighted by atomic mass is 19.1. The van der Waals surface area contributed by atoms with Gasteiger partial charge in [0.1, 0.15) is 0 Å². The van der Waals surface area contributed by atoms with Crippen LogP contribution in [0, 0.1) is 0 Å². The highest BCUT2D eigenvalue weighted by molar-refractivity contribution is 5.85. The Kier molecular flexibility index (Phi) is 2.59. The lowest BCUT2D eigenvalue weighted by Gasteiger charge is -2.02. The highest BCUT2D eigenvalue weighted by Gasteiger charge is 1.97. The molecule has 0 spiro atoms. The van der Waals surface area contributed by atoms with Gasteiger partial charge in [-0.1, -0.05) is 48.5 Å². The number of hydrogen-bond acceptors (Lipinski definition) is 0. The van der Waals surface area contributed by atoms with E-state index in [1.54, 1.807) is 0 Å². The molecule has 1 heteroatoms. The Hall–Kier alpha value is -1.63. The topological polar surface area (TPSA) is 0 Å². The molecule has 0 aliphatic heterocycles. The minimum absolute atomic E-state index is 0.599. The lowest BCUT2D eigenvalue weighted by Crippen LogP contribution is -1.83. The van der Waals surface area contributed by atoms with E-state index in [2.05, 4.69) is 18.2 Å². The van der Waals surface area contributed by atoms with Crippen LogP contribution in [0.25, 0.3) is 10.8 Å². The van der Waals surface area contributed by atoms with Gasteiger partial charge in [0.2, 0.25) is 0 Å². The predicted octanol–water partition coefficient (Wildman–Crippen LogP) is 3.87. The van der Waals surface area contributed by atoms with Crippen LogP contribution in [0.5, 0.6) is 0 Å². The van der Waals surface area contributed by atoms with Gasteiger partial charge in [-0.25, -0.2) is 4.39 Å². The second-order valence-corrected chi connectivity index (χ2v) is 3.20. The molecular weight excluding hydrogens is 175 g/mol. The van der Waals surface area contributed by atoms with Crippen molar-refractivity contribution in [2.24, 2.45) is 0 Å². The molecule has 2 aromatic rings. The van der Waals surface area contributed by atoms with E-state index in [0.717, 1.165) is 5.56 Å². The van der Waals surface area contributed by atoms with Gasteiger partial charge >= 0.3 is 0 Å². The number of fused-ring (bicyclic) bond motifs is 1. The summed E-state index contributed by atoms with van der Waals surface area (Å²) < 4.78 is 11.9. The van der Waals surface area contributed by atoms with Crippen molar-refractivity contribution >= 4 is 10.8 Å². The summed E-state index contributed by atoms with van der Waals surface area (Å²) in [7, 11) is 0. The maximum atomic E-state index is 11.9. The third-order valence-electron chi connectivity index (χ3n) is 2.31. The zero-order chi connectivity index (χ0) is 9.80. The molecule has 0 aliphatic carbocycles. The molecule has 70 valence electrons. The summed E-state index contributed by atoms with van der Waals surface area (Å²) in [5.41, 5.74) is 1.16. The molecule has 0 saturated carbocycles. The quantitative estimate of drug-likeness (QED) is 0.668. The molecule has 0 fully saturated rings. The molecule has 0 aliphatic rings. The maximum Gasteiger partial charge on any atom is 0.0830 e. The molecule has 0 atom stereocenters. The SMILES string of the molecule is FC=CCc1cccc2ccccc12. The van der Waals surface area contributed by atoms with Crippen molar-refractivity contribution in [1.82, 2.24) is 0 Å². The number of allylic oxidation sites excluding steroid dienone is 1. The first kappa shape index (κ1) is 8.95. The van der Waals surface area contributed by atoms with Gasteiger partial charge in [0.15, 0.2) is 0 Å². The number of halogens is 1. The summed E-state index contributed by atoms with van der Waals surface area (Å²) >= 11 is 0. The van der Waals surface area contributed by atoms with Crippen LogP contribution >= 0.6 is 0 Å². The zero-order valence-corrected chi connectivity index (χ0v) is 7.78. The van der Waals surface area contributed by atoms with Crippen molar-refractivity contribution in [3.05, 3.63) is 60.4 Å². The van der Waals surface area contributed by atoms with E-state index in [9.17, 15) is 4.39 Å². The van der Waals surface area contributed by atoms with Gasteiger partial charge in [0, 0.05) is 0 Å². The van der Waals surface area contributed by atoms with Crippen molar-refractivity contribution < 1.29 is 4.39 Å². The second-order valence-electron chi connectivity index (χ2n) is 3.20. The average molecular weight is 186 g/mol. The van der Waals surface area contributed by atoms with E-state index in [0.29, 0.717) is 12.8 Å². The van der Waals surface area contributed by atoms with Crippen molar-refractivity contribution in [1.29, 1.82) is 0 Å². The first-order chi connectivity index (χ1) is 6.92. The van der Waals surface area contributed by atoms with Crippen molar-refractivity contribution in [2.45, 2.75) is 6.42 Å². The first-order valence-electron chi connectivity index (χ1n) is 4.63. The van der Waals surface area contributed by atoms with Gasteiger partial charge in [0.25, 0.3) is 0 Å². The van der Waals surface area contributed by atoms with Crippen LogP contribution in [0.3, 0.4) is 0 Å². The van der Waals surface area contributed by atoms with E-state index < -0.39 is 0 Å². The van der Waals surface area contributed by atoms with Crippen LogP contribution in [-0.4, -0.2) is 0 Å². The fourth-order valence-electron chi connectivity index (χ4n) is 1.64. The molecule has 2 rings (SSSR count). The molecule has 0 unspecified atom stereocenters. The molecule has 0 bridgehead atoms. The summed E-state index contributed by atoms with van der Waals surface area (Å²) in [6.45, 7) is 0. The summed E-state index contributed by atoms with van der Waals surface area (Å²) in [5, 5.41) is 2.41. The Labute approximate surface area is 82.7 Å². The lowest BCUT2D eigenvalue weighted by atomic mass is 10.0. The summed E-state index contributed by atoms with van der Waals surface area (Å²) in [6.07, 6.45) is 2.78. The van der Waals surface area contributed by atoms with Gasteiger partial charge in [-0.05, 0) is 22.8 Å². The largest absolute Gasteiger partial charge is 0.216 e. The fourth-order valence-corrected chi connectivity index (χ4v) is 1.64. The van der Waals surface area contributed by atoms with E-state index in [1.165, 1.54) is 16.8 Å². The standard InChI is InChI=1S/C13H11F/c14-10-4-8-12-7-3-6-11-5-1-2-9-13(11)12/h1-7,9-10H,8H2. The van der Waals surface area contributed by atoms with E-state index >= 15 is 0 Å². The lowest BCUT2D eigenvalue weighted by molar-refractivity contribution is 0.716. The summed E-state index contributed by atoms with van der Waals surface area (Å²) in [4.78, 5) is 0. The van der Waals surface area contributed by atoms with Crippen molar-refractivity contribution in [2.75, 3.05) is 0 Å². The highest BCUT2D eigenvalue weighted by Crippen LogP contribution is 2.18. The molecule has 0 N–H and O–H groups in total. The van der Waals surface area contributed by atoms with Crippen LogP contribution in [0.15, 0.2) is 54.9 Å². The number of rotatable bonds is 2. The van der Waals surface area contributed by atoms with E-state index in [1.807, 2.05) is 24.3 Å². The summed E-state index contributed by atoms with van der Waals surface area (Å²) in [6, 6.07) is 14.3. The van der Waals surface area contributed by atoms with Gasteiger partial charge in [-0.15, -0.1) is 0 Å². The average Bonchev–Trinajstić information content (AvgIpc) is 2.26. The van der Waals surface area contributed by atoms with Crippen LogP contribution < -0.4 is 0 Å². The van der Waals surface area contributed by atoms with Crippen LogP contribution in [0.4, 0.5) is 4.39 Å². The number of hydrogen-bond donors (Lipinski definition) is 0. The Balaban J connectivity index is 2.53. The normalized spacial score (nSPS) is 11.2. The molecular formula is C13H11F. The molecule has 0 heterocycles. The maximum absolute atomic E-state index is 11.9. The predicted molar refractivity (Wildman–Crippen MR) is 57.9 cm³/mol. The third-order valence-corrected chi connectivity index (χ3v) is 2.31. The third kappa shape index (κ3) is 1.67. The monoisotopic (exact) mass is 186 g/mol. The van der Waals surface area contributed by atoms with Crippen LogP contribution in [0.1, 0.15) is 5.56 Å².